The number of hydrogen-bond acceptors (Lipinski definition) is 5. The smallest absolute Gasteiger partial charge is 0.270 e. The van der Waals surface area contributed by atoms with Gasteiger partial charge in [0.1, 0.15) is 5.57 Å². The van der Waals surface area contributed by atoms with Gasteiger partial charge in [-0.1, -0.05) is 24.3 Å². The predicted octanol–water partition coefficient (Wildman–Crippen LogP) is 1.98. The van der Waals surface area contributed by atoms with Crippen LogP contribution < -0.4 is 15.3 Å². The van der Waals surface area contributed by atoms with Crippen molar-refractivity contribution in [2.24, 2.45) is 0 Å². The Bertz CT molecular complexity index is 1280. The Morgan fingerprint density at radius 1 is 1.03 bits per heavy atom. The first kappa shape index (κ1) is 20.2. The number of carbonyl (C=O) groups is 3. The standard InChI is InChI=1S/C23H17N3O4S/c1-14-5-2-8-18(11-14)26-21(28)19(20(27)24-23(26)31)13-17-9-4-10-25(17)16-7-3-6-15(12-16)22(29)30/h2-13H,1H3,(H,29,30)(H,24,27,31)/p-1/b19-13-. The molecule has 0 bridgehead atoms. The van der Waals surface area contributed by atoms with Gasteiger partial charge in [0, 0.05) is 17.6 Å². The third-order valence-electron chi connectivity index (χ3n) is 4.79. The number of anilines is 1. The fraction of sp³-hybridized carbons (Fsp3) is 0.0435. The molecular formula is C23H16N3O4S-. The Morgan fingerprint density at radius 3 is 2.52 bits per heavy atom. The molecule has 1 saturated heterocycles. The fourth-order valence-corrected chi connectivity index (χ4v) is 3.62. The number of benzene rings is 2. The first-order valence-corrected chi connectivity index (χ1v) is 9.73. The van der Waals surface area contributed by atoms with Gasteiger partial charge in [0.05, 0.1) is 11.7 Å². The van der Waals surface area contributed by atoms with Gasteiger partial charge in [-0.2, -0.15) is 0 Å². The lowest BCUT2D eigenvalue weighted by Crippen LogP contribution is -2.54. The van der Waals surface area contributed by atoms with Crippen LogP contribution in [0.25, 0.3) is 11.8 Å². The van der Waals surface area contributed by atoms with Crippen molar-refractivity contribution in [3.05, 3.63) is 89.3 Å². The lowest BCUT2D eigenvalue weighted by atomic mass is 10.1. The molecule has 1 fully saturated rings. The average molecular weight is 430 g/mol. The lowest BCUT2D eigenvalue weighted by molar-refractivity contribution is -0.255. The number of nitrogens with one attached hydrogen (secondary N) is 1. The van der Waals surface area contributed by atoms with E-state index in [0.29, 0.717) is 17.1 Å². The summed E-state index contributed by atoms with van der Waals surface area (Å²) in [4.78, 5) is 38.2. The van der Waals surface area contributed by atoms with Gasteiger partial charge in [0.2, 0.25) is 0 Å². The van der Waals surface area contributed by atoms with Gasteiger partial charge in [0.15, 0.2) is 5.11 Å². The highest BCUT2D eigenvalue weighted by atomic mass is 32.1. The number of aromatic carboxylic acids is 1. The molecular weight excluding hydrogens is 414 g/mol. The minimum atomic E-state index is -1.29. The summed E-state index contributed by atoms with van der Waals surface area (Å²) in [6.45, 7) is 1.89. The molecule has 0 unspecified atom stereocenters. The second-order valence-corrected chi connectivity index (χ2v) is 7.32. The molecule has 8 heteroatoms. The van der Waals surface area contributed by atoms with Gasteiger partial charge in [0.25, 0.3) is 11.8 Å². The van der Waals surface area contributed by atoms with Gasteiger partial charge < -0.3 is 14.5 Å². The van der Waals surface area contributed by atoms with Crippen LogP contribution in [0.15, 0.2) is 72.4 Å². The van der Waals surface area contributed by atoms with E-state index in [1.807, 2.05) is 13.0 Å². The van der Waals surface area contributed by atoms with E-state index in [-0.39, 0.29) is 16.2 Å². The molecule has 31 heavy (non-hydrogen) atoms. The molecule has 3 aromatic rings. The zero-order valence-electron chi connectivity index (χ0n) is 16.4. The minimum absolute atomic E-state index is 0.00907. The molecule has 2 amide bonds. The highest BCUT2D eigenvalue weighted by Crippen LogP contribution is 2.24. The van der Waals surface area contributed by atoms with Crippen LogP contribution in [0, 0.1) is 6.92 Å². The maximum atomic E-state index is 13.2. The number of aromatic nitrogens is 1. The third-order valence-corrected chi connectivity index (χ3v) is 5.08. The van der Waals surface area contributed by atoms with E-state index >= 15 is 0 Å². The largest absolute Gasteiger partial charge is 0.545 e. The SMILES string of the molecule is Cc1cccc(N2C(=O)/C(=C\c3cccn3-c3cccc(C(=O)[O-])c3)C(=O)NC2=S)c1. The number of rotatable bonds is 4. The number of carbonyl (C=O) groups excluding carboxylic acids is 3. The minimum Gasteiger partial charge on any atom is -0.545 e. The zero-order valence-corrected chi connectivity index (χ0v) is 17.2. The van der Waals surface area contributed by atoms with Crippen molar-refractivity contribution in [1.29, 1.82) is 0 Å². The Hall–Kier alpha value is -4.04. The number of hydrogen-bond donors (Lipinski definition) is 1. The number of carboxylic acids is 1. The summed E-state index contributed by atoms with van der Waals surface area (Å²) in [6.07, 6.45) is 3.16. The summed E-state index contributed by atoms with van der Waals surface area (Å²) in [5, 5.41) is 13.8. The first-order valence-electron chi connectivity index (χ1n) is 9.32. The van der Waals surface area contributed by atoms with Gasteiger partial charge in [-0.15, -0.1) is 0 Å². The molecule has 2 aromatic carbocycles. The molecule has 0 atom stereocenters. The fourth-order valence-electron chi connectivity index (χ4n) is 3.34. The second-order valence-electron chi connectivity index (χ2n) is 6.94. The van der Waals surface area contributed by atoms with Crippen LogP contribution >= 0.6 is 12.2 Å². The Balaban J connectivity index is 1.75. The third kappa shape index (κ3) is 3.88. The van der Waals surface area contributed by atoms with Crippen molar-refractivity contribution in [2.45, 2.75) is 6.92 Å². The summed E-state index contributed by atoms with van der Waals surface area (Å²) in [7, 11) is 0. The van der Waals surface area contributed by atoms with Crippen molar-refractivity contribution in [3.63, 3.8) is 0 Å². The van der Waals surface area contributed by atoms with Crippen molar-refractivity contribution in [3.8, 4) is 5.69 Å². The van der Waals surface area contributed by atoms with E-state index in [4.69, 9.17) is 12.2 Å². The topological polar surface area (TPSA) is 94.5 Å². The van der Waals surface area contributed by atoms with Crippen molar-refractivity contribution < 1.29 is 19.5 Å². The van der Waals surface area contributed by atoms with Crippen LogP contribution in [0.5, 0.6) is 0 Å². The highest BCUT2D eigenvalue weighted by molar-refractivity contribution is 7.80. The van der Waals surface area contributed by atoms with Crippen LogP contribution in [-0.4, -0.2) is 27.5 Å². The van der Waals surface area contributed by atoms with E-state index in [1.165, 1.54) is 23.1 Å². The molecule has 1 aliphatic rings. The van der Waals surface area contributed by atoms with Crippen LogP contribution in [0.4, 0.5) is 5.69 Å². The summed E-state index contributed by atoms with van der Waals surface area (Å²) in [6, 6.07) is 16.9. The van der Waals surface area contributed by atoms with Crippen LogP contribution in [0.3, 0.4) is 0 Å². The quantitative estimate of drug-likeness (QED) is 0.388. The molecule has 0 spiro atoms. The monoisotopic (exact) mass is 430 g/mol. The maximum Gasteiger partial charge on any atom is 0.270 e. The number of carboxylic acid groups (broad SMARTS) is 1. The predicted molar refractivity (Wildman–Crippen MR) is 117 cm³/mol. The summed E-state index contributed by atoms with van der Waals surface area (Å²) < 4.78 is 1.67. The molecule has 1 aromatic heterocycles. The molecule has 4 rings (SSSR count). The first-order chi connectivity index (χ1) is 14.8. The Labute approximate surface area is 183 Å². The van der Waals surface area contributed by atoms with E-state index in [9.17, 15) is 19.5 Å². The van der Waals surface area contributed by atoms with Gasteiger partial charge >= 0.3 is 0 Å². The maximum absolute atomic E-state index is 13.2. The molecule has 7 nitrogen and oxygen atoms in total. The Kier molecular flexibility index (Phi) is 5.22. The molecule has 0 radical (unpaired) electrons. The van der Waals surface area contributed by atoms with Gasteiger partial charge in [-0.3, -0.25) is 19.8 Å². The molecule has 0 saturated carbocycles. The number of amides is 2. The number of nitrogens with zero attached hydrogens (tertiary/aromatic N) is 2. The highest BCUT2D eigenvalue weighted by Gasteiger charge is 2.34. The summed E-state index contributed by atoms with van der Waals surface area (Å²) in [5.41, 5.74) is 2.49. The average Bonchev–Trinajstić information content (AvgIpc) is 3.19. The number of thiocarbonyl (C=S) groups is 1. The van der Waals surface area contributed by atoms with E-state index in [0.717, 1.165) is 5.56 Å². The molecule has 2 heterocycles. The normalized spacial score (nSPS) is 15.3. The Morgan fingerprint density at radius 2 is 1.77 bits per heavy atom. The zero-order chi connectivity index (χ0) is 22.1. The second kappa shape index (κ2) is 8.00. The van der Waals surface area contributed by atoms with Crippen molar-refractivity contribution in [2.75, 3.05) is 4.90 Å². The van der Waals surface area contributed by atoms with E-state index < -0.39 is 17.8 Å². The molecule has 0 aliphatic carbocycles. The van der Waals surface area contributed by atoms with Crippen molar-refractivity contribution >= 4 is 46.9 Å². The van der Waals surface area contributed by atoms with Crippen molar-refractivity contribution in [1.82, 2.24) is 9.88 Å². The van der Waals surface area contributed by atoms with Crippen LogP contribution in [0.2, 0.25) is 0 Å². The summed E-state index contributed by atoms with van der Waals surface area (Å²) >= 11 is 5.23. The van der Waals surface area contributed by atoms with Crippen LogP contribution in [-0.2, 0) is 9.59 Å². The molecule has 1 N–H and O–H groups in total. The van der Waals surface area contributed by atoms with Gasteiger partial charge in [-0.05, 0) is 72.7 Å². The van der Waals surface area contributed by atoms with Crippen LogP contribution in [0.1, 0.15) is 21.6 Å². The molecule has 1 aliphatic heterocycles. The summed E-state index contributed by atoms with van der Waals surface area (Å²) in [5.74, 6) is -2.44. The number of aryl methyl sites for hydroxylation is 1. The lowest BCUT2D eigenvalue weighted by Gasteiger charge is -2.29. The van der Waals surface area contributed by atoms with E-state index in [1.54, 1.807) is 53.2 Å². The van der Waals surface area contributed by atoms with E-state index in [2.05, 4.69) is 5.32 Å². The van der Waals surface area contributed by atoms with Gasteiger partial charge in [-0.25, -0.2) is 0 Å². The molecule has 154 valence electrons.